The summed E-state index contributed by atoms with van der Waals surface area (Å²) in [4.78, 5) is 25.6. The molecule has 28 heavy (non-hydrogen) atoms. The quantitative estimate of drug-likeness (QED) is 0.559. The lowest BCUT2D eigenvalue weighted by molar-refractivity contribution is -0.117. The molecule has 7 nitrogen and oxygen atoms in total. The molecule has 0 radical (unpaired) electrons. The number of nitriles is 1. The van der Waals surface area contributed by atoms with Gasteiger partial charge in [0.15, 0.2) is 23.2 Å². The van der Waals surface area contributed by atoms with Crippen molar-refractivity contribution in [2.75, 3.05) is 18.5 Å². The van der Waals surface area contributed by atoms with Gasteiger partial charge >= 0.3 is 0 Å². The van der Waals surface area contributed by atoms with Gasteiger partial charge in [-0.1, -0.05) is 18.2 Å². The number of rotatable bonds is 4. The minimum Gasteiger partial charge on any atom is -0.486 e. The van der Waals surface area contributed by atoms with Gasteiger partial charge in [-0.25, -0.2) is 0 Å². The van der Waals surface area contributed by atoms with Crippen LogP contribution in [0.25, 0.3) is 10.9 Å². The van der Waals surface area contributed by atoms with Gasteiger partial charge in [0.25, 0.3) is 0 Å². The smallest absolute Gasteiger partial charge is 0.249 e. The van der Waals surface area contributed by atoms with E-state index in [2.05, 4.69) is 5.32 Å². The number of Topliss-reactive ketones (excluding diaryl/α,β-unsaturated/α-hetero) is 1. The molecule has 4 rings (SSSR count). The van der Waals surface area contributed by atoms with E-state index in [0.717, 1.165) is 5.52 Å². The maximum atomic E-state index is 12.9. The Morgan fingerprint density at radius 3 is 2.68 bits per heavy atom. The molecule has 1 aromatic heterocycles. The van der Waals surface area contributed by atoms with E-state index in [4.69, 9.17) is 9.47 Å². The Morgan fingerprint density at radius 2 is 1.89 bits per heavy atom. The molecule has 1 amide bonds. The Morgan fingerprint density at radius 1 is 1.14 bits per heavy atom. The minimum atomic E-state index is -1.46. The first-order valence-electron chi connectivity index (χ1n) is 8.77. The van der Waals surface area contributed by atoms with Crippen LogP contribution in [0.2, 0.25) is 0 Å². The summed E-state index contributed by atoms with van der Waals surface area (Å²) in [5.74, 6) is -1.57. The predicted molar refractivity (Wildman–Crippen MR) is 102 cm³/mol. The second-order valence-corrected chi connectivity index (χ2v) is 6.44. The van der Waals surface area contributed by atoms with E-state index in [0.29, 0.717) is 41.3 Å². The molecule has 1 N–H and O–H groups in total. The highest BCUT2D eigenvalue weighted by atomic mass is 16.6. The zero-order valence-electron chi connectivity index (χ0n) is 15.1. The Kier molecular flexibility index (Phi) is 4.45. The summed E-state index contributed by atoms with van der Waals surface area (Å²) >= 11 is 0. The Labute approximate surface area is 161 Å². The van der Waals surface area contributed by atoms with Gasteiger partial charge in [-0.05, 0) is 18.2 Å². The third-order valence-corrected chi connectivity index (χ3v) is 4.63. The fourth-order valence-electron chi connectivity index (χ4n) is 3.27. The van der Waals surface area contributed by atoms with Crippen LogP contribution in [0.3, 0.4) is 0 Å². The Bertz CT molecular complexity index is 1130. The van der Waals surface area contributed by atoms with Crippen molar-refractivity contribution in [3.05, 3.63) is 54.2 Å². The van der Waals surface area contributed by atoms with Gasteiger partial charge in [0.05, 0.1) is 6.07 Å². The third-order valence-electron chi connectivity index (χ3n) is 4.63. The van der Waals surface area contributed by atoms with Crippen LogP contribution in [0.4, 0.5) is 5.69 Å². The summed E-state index contributed by atoms with van der Waals surface area (Å²) in [6, 6.07) is 14.1. The van der Waals surface area contributed by atoms with E-state index in [-0.39, 0.29) is 0 Å². The minimum absolute atomic E-state index is 0.349. The van der Waals surface area contributed by atoms with Gasteiger partial charge in [0, 0.05) is 41.5 Å². The lowest BCUT2D eigenvalue weighted by Gasteiger charge is -2.19. The van der Waals surface area contributed by atoms with E-state index in [1.807, 2.05) is 31.3 Å². The monoisotopic (exact) mass is 375 g/mol. The van der Waals surface area contributed by atoms with Crippen LogP contribution in [-0.4, -0.2) is 29.5 Å². The van der Waals surface area contributed by atoms with Gasteiger partial charge < -0.3 is 19.4 Å². The first-order chi connectivity index (χ1) is 13.6. The number of anilines is 1. The fourth-order valence-corrected chi connectivity index (χ4v) is 3.27. The summed E-state index contributed by atoms with van der Waals surface area (Å²) < 4.78 is 12.7. The first kappa shape index (κ1) is 17.6. The standard InChI is InChI=1S/C21H17N3O4/c1-24-12-16(14-4-2-3-5-17(14)24)20(25)15(11-22)21(26)23-13-6-7-18-19(10-13)28-9-8-27-18/h2-7,10,12,15H,8-9H2,1H3,(H,23,26). The molecule has 2 aromatic carbocycles. The number of benzene rings is 2. The number of hydrogen-bond acceptors (Lipinski definition) is 5. The van der Waals surface area contributed by atoms with Crippen molar-refractivity contribution in [1.29, 1.82) is 5.26 Å². The van der Waals surface area contributed by atoms with Crippen LogP contribution in [-0.2, 0) is 11.8 Å². The number of aryl methyl sites for hydroxylation is 1. The molecule has 2 heterocycles. The van der Waals surface area contributed by atoms with Crippen molar-refractivity contribution in [3.8, 4) is 17.6 Å². The summed E-state index contributed by atoms with van der Waals surface area (Å²) in [6.45, 7) is 0.888. The van der Waals surface area contributed by atoms with E-state index < -0.39 is 17.6 Å². The topological polar surface area (TPSA) is 93.4 Å². The highest BCUT2D eigenvalue weighted by Crippen LogP contribution is 2.33. The number of amides is 1. The second-order valence-electron chi connectivity index (χ2n) is 6.44. The number of fused-ring (bicyclic) bond motifs is 2. The van der Waals surface area contributed by atoms with Gasteiger partial charge in [-0.2, -0.15) is 5.26 Å². The molecule has 0 aliphatic carbocycles. The highest BCUT2D eigenvalue weighted by Gasteiger charge is 2.30. The largest absolute Gasteiger partial charge is 0.486 e. The van der Waals surface area contributed by atoms with Crippen LogP contribution in [0.1, 0.15) is 10.4 Å². The van der Waals surface area contributed by atoms with E-state index in [1.165, 1.54) is 0 Å². The summed E-state index contributed by atoms with van der Waals surface area (Å²) in [7, 11) is 1.82. The average Bonchev–Trinajstić information content (AvgIpc) is 3.05. The summed E-state index contributed by atoms with van der Waals surface area (Å²) in [5, 5.41) is 12.8. The van der Waals surface area contributed by atoms with E-state index in [9.17, 15) is 14.9 Å². The molecule has 0 bridgehead atoms. The van der Waals surface area contributed by atoms with Crippen molar-refractivity contribution in [2.45, 2.75) is 0 Å². The van der Waals surface area contributed by atoms with Crippen LogP contribution in [0, 0.1) is 17.2 Å². The van der Waals surface area contributed by atoms with Crippen molar-refractivity contribution in [2.24, 2.45) is 13.0 Å². The first-order valence-corrected chi connectivity index (χ1v) is 8.77. The fraction of sp³-hybridized carbons (Fsp3) is 0.190. The van der Waals surface area contributed by atoms with Crippen LogP contribution in [0.15, 0.2) is 48.7 Å². The molecule has 0 fully saturated rings. The SMILES string of the molecule is Cn1cc(C(=O)C(C#N)C(=O)Nc2ccc3c(c2)OCCO3)c2ccccc21. The van der Waals surface area contributed by atoms with Crippen molar-refractivity contribution in [1.82, 2.24) is 4.57 Å². The summed E-state index contributed by atoms with van der Waals surface area (Å²) in [6.07, 6.45) is 1.65. The third kappa shape index (κ3) is 3.05. The molecule has 1 atom stereocenters. The predicted octanol–water partition coefficient (Wildman–Crippen LogP) is 2.91. The molecule has 140 valence electrons. The van der Waals surface area contributed by atoms with Crippen LogP contribution >= 0.6 is 0 Å². The summed E-state index contributed by atoms with van der Waals surface area (Å²) in [5.41, 5.74) is 1.64. The van der Waals surface area contributed by atoms with E-state index in [1.54, 1.807) is 35.0 Å². The van der Waals surface area contributed by atoms with Gasteiger partial charge in [-0.15, -0.1) is 0 Å². The molecule has 7 heteroatoms. The second kappa shape index (κ2) is 7.08. The number of carbonyl (C=O) groups excluding carboxylic acids is 2. The van der Waals surface area contributed by atoms with Crippen molar-refractivity contribution in [3.63, 3.8) is 0 Å². The van der Waals surface area contributed by atoms with Crippen LogP contribution < -0.4 is 14.8 Å². The number of nitrogens with one attached hydrogen (secondary N) is 1. The number of ether oxygens (including phenoxy) is 2. The molecular weight excluding hydrogens is 358 g/mol. The molecular formula is C21H17N3O4. The molecule has 0 saturated carbocycles. The Balaban J connectivity index is 1.59. The highest BCUT2D eigenvalue weighted by molar-refractivity contribution is 6.19. The van der Waals surface area contributed by atoms with Crippen molar-refractivity contribution >= 4 is 28.3 Å². The number of ketones is 1. The zero-order valence-corrected chi connectivity index (χ0v) is 15.1. The molecule has 1 unspecified atom stereocenters. The average molecular weight is 375 g/mol. The number of hydrogen-bond donors (Lipinski definition) is 1. The Hall–Kier alpha value is -3.79. The van der Waals surface area contributed by atoms with Crippen molar-refractivity contribution < 1.29 is 19.1 Å². The van der Waals surface area contributed by atoms with Gasteiger partial charge in [0.2, 0.25) is 5.91 Å². The number of carbonyl (C=O) groups is 2. The molecule has 0 saturated heterocycles. The number of nitrogens with zero attached hydrogens (tertiary/aromatic N) is 2. The molecule has 1 aliphatic heterocycles. The lowest BCUT2D eigenvalue weighted by atomic mass is 9.97. The number of para-hydroxylation sites is 1. The van der Waals surface area contributed by atoms with Gasteiger partial charge in [-0.3, -0.25) is 9.59 Å². The molecule has 3 aromatic rings. The van der Waals surface area contributed by atoms with Crippen LogP contribution in [0.5, 0.6) is 11.5 Å². The zero-order chi connectivity index (χ0) is 19.7. The lowest BCUT2D eigenvalue weighted by Crippen LogP contribution is -2.28. The normalized spacial score (nSPS) is 13.6. The maximum Gasteiger partial charge on any atom is 0.249 e. The van der Waals surface area contributed by atoms with Gasteiger partial charge in [0.1, 0.15) is 13.2 Å². The molecule has 1 aliphatic rings. The maximum absolute atomic E-state index is 12.9. The van der Waals surface area contributed by atoms with E-state index >= 15 is 0 Å². The molecule has 0 spiro atoms. The number of aromatic nitrogens is 1.